The van der Waals surface area contributed by atoms with Crippen molar-refractivity contribution in [2.24, 2.45) is 5.73 Å². The lowest BCUT2D eigenvalue weighted by atomic mass is 10.1. The highest BCUT2D eigenvalue weighted by Crippen LogP contribution is 2.28. The number of hydrogen-bond acceptors (Lipinski definition) is 2. The number of nitrogens with two attached hydrogens (primary N) is 1. The lowest BCUT2D eigenvalue weighted by molar-refractivity contribution is 0.200. The molecule has 2 heteroatoms. The Morgan fingerprint density at radius 1 is 1.00 bits per heavy atom. The molecule has 1 unspecified atom stereocenters. The molecular formula is C12H28N2. The first-order valence-electron chi connectivity index (χ1n) is 6.36. The third-order valence-electron chi connectivity index (χ3n) is 2.55. The number of nitrogens with zero attached hydrogens (tertiary/aromatic N) is 1. The monoisotopic (exact) mass is 200 g/mol. The molecular weight excluding hydrogens is 172 g/mol. The second-order valence-corrected chi connectivity index (χ2v) is 3.63. The predicted molar refractivity (Wildman–Crippen MR) is 64.5 cm³/mol. The quantitative estimate of drug-likeness (QED) is 0.705. The van der Waals surface area contributed by atoms with Crippen molar-refractivity contribution in [3.63, 3.8) is 0 Å². The molecule has 2 aliphatic rings. The number of rotatable bonds is 1. The van der Waals surface area contributed by atoms with E-state index in [1.54, 1.807) is 0 Å². The number of likely N-dealkylation sites (tertiary alicyclic amines) is 1. The third kappa shape index (κ3) is 4.97. The van der Waals surface area contributed by atoms with Gasteiger partial charge in [-0.05, 0) is 32.2 Å². The van der Waals surface area contributed by atoms with Gasteiger partial charge in [0.2, 0.25) is 0 Å². The van der Waals surface area contributed by atoms with Crippen molar-refractivity contribution in [2.75, 3.05) is 13.1 Å². The van der Waals surface area contributed by atoms with Crippen molar-refractivity contribution in [2.45, 2.75) is 65.5 Å². The van der Waals surface area contributed by atoms with Crippen LogP contribution in [0.1, 0.15) is 53.4 Å². The Balaban J connectivity index is 0.000000379. The molecule has 1 atom stereocenters. The summed E-state index contributed by atoms with van der Waals surface area (Å²) in [5.74, 6) is 0. The molecule has 0 aromatic carbocycles. The summed E-state index contributed by atoms with van der Waals surface area (Å²) in [6.45, 7) is 10.5. The molecule has 2 rings (SSSR count). The van der Waals surface area contributed by atoms with Crippen molar-refractivity contribution >= 4 is 0 Å². The van der Waals surface area contributed by atoms with E-state index in [1.807, 2.05) is 27.7 Å². The molecule has 0 bridgehead atoms. The molecule has 2 fully saturated rings. The summed E-state index contributed by atoms with van der Waals surface area (Å²) in [4.78, 5) is 2.56. The molecule has 1 saturated heterocycles. The summed E-state index contributed by atoms with van der Waals surface area (Å²) in [6, 6.07) is 1.39. The highest BCUT2D eigenvalue weighted by molar-refractivity contribution is 4.88. The molecule has 0 amide bonds. The SMILES string of the molecule is CC.CC.NC1CCCN(C2CC2)C1. The van der Waals surface area contributed by atoms with Gasteiger partial charge >= 0.3 is 0 Å². The first-order valence-corrected chi connectivity index (χ1v) is 6.36. The molecule has 1 aliphatic heterocycles. The average molecular weight is 200 g/mol. The van der Waals surface area contributed by atoms with Gasteiger partial charge in [0.15, 0.2) is 0 Å². The van der Waals surface area contributed by atoms with E-state index in [2.05, 4.69) is 4.90 Å². The van der Waals surface area contributed by atoms with Gasteiger partial charge in [-0.2, -0.15) is 0 Å². The summed E-state index contributed by atoms with van der Waals surface area (Å²) in [5, 5.41) is 0. The Morgan fingerprint density at radius 2 is 1.57 bits per heavy atom. The zero-order valence-electron chi connectivity index (χ0n) is 10.4. The van der Waals surface area contributed by atoms with Crippen molar-refractivity contribution in [1.82, 2.24) is 4.90 Å². The average Bonchev–Trinajstić information content (AvgIpc) is 3.07. The molecule has 2 nitrogen and oxygen atoms in total. The fourth-order valence-corrected chi connectivity index (χ4v) is 1.81. The van der Waals surface area contributed by atoms with Crippen LogP contribution in [-0.4, -0.2) is 30.1 Å². The minimum atomic E-state index is 0.467. The molecule has 0 radical (unpaired) electrons. The topological polar surface area (TPSA) is 29.3 Å². The van der Waals surface area contributed by atoms with Gasteiger partial charge in [0.1, 0.15) is 0 Å². The number of piperidine rings is 1. The third-order valence-corrected chi connectivity index (χ3v) is 2.55. The fraction of sp³-hybridized carbons (Fsp3) is 1.00. The predicted octanol–water partition coefficient (Wildman–Crippen LogP) is 2.62. The smallest absolute Gasteiger partial charge is 0.0168 e. The molecule has 0 aromatic heterocycles. The fourth-order valence-electron chi connectivity index (χ4n) is 1.81. The maximum absolute atomic E-state index is 5.85. The van der Waals surface area contributed by atoms with Crippen LogP contribution in [-0.2, 0) is 0 Å². The Kier molecular flexibility index (Phi) is 8.20. The Labute approximate surface area is 89.9 Å². The van der Waals surface area contributed by atoms with E-state index >= 15 is 0 Å². The summed E-state index contributed by atoms with van der Waals surface area (Å²) >= 11 is 0. The summed E-state index contributed by atoms with van der Waals surface area (Å²) in [6.07, 6.45) is 5.40. The van der Waals surface area contributed by atoms with E-state index in [4.69, 9.17) is 5.73 Å². The minimum absolute atomic E-state index is 0.467. The van der Waals surface area contributed by atoms with Crippen molar-refractivity contribution < 1.29 is 0 Å². The van der Waals surface area contributed by atoms with Crippen LogP contribution in [0.5, 0.6) is 0 Å². The maximum atomic E-state index is 5.85. The highest BCUT2D eigenvalue weighted by Gasteiger charge is 2.31. The van der Waals surface area contributed by atoms with Crippen molar-refractivity contribution in [3.05, 3.63) is 0 Å². The van der Waals surface area contributed by atoms with Gasteiger partial charge in [-0.1, -0.05) is 27.7 Å². The van der Waals surface area contributed by atoms with Crippen molar-refractivity contribution in [3.8, 4) is 0 Å². The highest BCUT2D eigenvalue weighted by atomic mass is 15.2. The summed E-state index contributed by atoms with van der Waals surface area (Å²) in [5.41, 5.74) is 5.85. The molecule has 0 aromatic rings. The summed E-state index contributed by atoms with van der Waals surface area (Å²) in [7, 11) is 0. The molecule has 1 aliphatic carbocycles. The molecule has 86 valence electrons. The van der Waals surface area contributed by atoms with Crippen LogP contribution in [0.2, 0.25) is 0 Å². The molecule has 2 N–H and O–H groups in total. The van der Waals surface area contributed by atoms with Crippen LogP contribution < -0.4 is 5.73 Å². The van der Waals surface area contributed by atoms with Crippen LogP contribution in [0.25, 0.3) is 0 Å². The van der Waals surface area contributed by atoms with Crippen LogP contribution >= 0.6 is 0 Å². The Bertz CT molecular complexity index is 121. The second kappa shape index (κ2) is 8.25. The largest absolute Gasteiger partial charge is 0.327 e. The van der Waals surface area contributed by atoms with Gasteiger partial charge in [-0.3, -0.25) is 4.90 Å². The van der Waals surface area contributed by atoms with Gasteiger partial charge in [0.05, 0.1) is 0 Å². The lowest BCUT2D eigenvalue weighted by Gasteiger charge is -2.30. The normalized spacial score (nSPS) is 26.8. The zero-order valence-corrected chi connectivity index (χ0v) is 10.4. The van der Waals surface area contributed by atoms with Crippen LogP contribution in [0, 0.1) is 0 Å². The lowest BCUT2D eigenvalue weighted by Crippen LogP contribution is -2.43. The van der Waals surface area contributed by atoms with Crippen molar-refractivity contribution in [1.29, 1.82) is 0 Å². The Hall–Kier alpha value is -0.0800. The van der Waals surface area contributed by atoms with E-state index in [0.29, 0.717) is 6.04 Å². The van der Waals surface area contributed by atoms with Crippen LogP contribution in [0.3, 0.4) is 0 Å². The van der Waals surface area contributed by atoms with E-state index in [1.165, 1.54) is 32.2 Å². The van der Waals surface area contributed by atoms with Gasteiger partial charge in [-0.15, -0.1) is 0 Å². The standard InChI is InChI=1S/C8H16N2.2C2H6/c9-7-2-1-5-10(6-7)8-3-4-8;2*1-2/h7-8H,1-6,9H2;2*1-2H3. The van der Waals surface area contributed by atoms with E-state index in [0.717, 1.165) is 12.6 Å². The van der Waals surface area contributed by atoms with Crippen LogP contribution in [0.15, 0.2) is 0 Å². The minimum Gasteiger partial charge on any atom is -0.327 e. The Morgan fingerprint density at radius 3 is 2.00 bits per heavy atom. The maximum Gasteiger partial charge on any atom is 0.0168 e. The van der Waals surface area contributed by atoms with E-state index < -0.39 is 0 Å². The zero-order chi connectivity index (χ0) is 11.0. The molecule has 14 heavy (non-hydrogen) atoms. The van der Waals surface area contributed by atoms with Gasteiger partial charge < -0.3 is 5.73 Å². The number of hydrogen-bond donors (Lipinski definition) is 1. The van der Waals surface area contributed by atoms with Crippen LogP contribution in [0.4, 0.5) is 0 Å². The van der Waals surface area contributed by atoms with E-state index in [9.17, 15) is 0 Å². The first-order chi connectivity index (χ1) is 6.86. The molecule has 1 saturated carbocycles. The summed E-state index contributed by atoms with van der Waals surface area (Å²) < 4.78 is 0. The molecule has 0 spiro atoms. The van der Waals surface area contributed by atoms with Gasteiger partial charge in [-0.25, -0.2) is 0 Å². The second-order valence-electron chi connectivity index (χ2n) is 3.63. The van der Waals surface area contributed by atoms with Gasteiger partial charge in [0.25, 0.3) is 0 Å². The van der Waals surface area contributed by atoms with Gasteiger partial charge in [0, 0.05) is 18.6 Å². The van der Waals surface area contributed by atoms with E-state index in [-0.39, 0.29) is 0 Å². The first kappa shape index (κ1) is 13.9. The molecule has 1 heterocycles.